The van der Waals surface area contributed by atoms with Gasteiger partial charge in [-0.15, -0.1) is 10.2 Å². The van der Waals surface area contributed by atoms with Crippen LogP contribution >= 0.6 is 23.4 Å². The minimum Gasteiger partial charge on any atom is -0.467 e. The van der Waals surface area contributed by atoms with Gasteiger partial charge in [0.1, 0.15) is 11.8 Å². The molecule has 0 aliphatic carbocycles. The van der Waals surface area contributed by atoms with Crippen LogP contribution in [0.25, 0.3) is 22.4 Å². The Kier molecular flexibility index (Phi) is 5.63. The lowest BCUT2D eigenvalue weighted by atomic mass is 10.0. The number of thioether (sulfide) groups is 1. The van der Waals surface area contributed by atoms with Gasteiger partial charge in [0.15, 0.2) is 0 Å². The molecule has 10 heteroatoms. The quantitative estimate of drug-likeness (QED) is 0.288. The number of hydrazone groups is 1. The topological polar surface area (TPSA) is 101 Å². The highest BCUT2D eigenvalue weighted by Crippen LogP contribution is 2.35. The molecule has 1 aliphatic rings. The van der Waals surface area contributed by atoms with Crippen molar-refractivity contribution in [3.8, 4) is 11.5 Å². The van der Waals surface area contributed by atoms with Crippen LogP contribution in [0.1, 0.15) is 23.8 Å². The summed E-state index contributed by atoms with van der Waals surface area (Å²) < 4.78 is 11.4. The van der Waals surface area contributed by atoms with E-state index in [0.717, 1.165) is 27.7 Å². The standard InChI is InChI=1S/C25H18ClN5O3S/c26-16-9-7-15(8-10-16)20-12-21(22-6-3-11-33-22)31(30-20)23(32)14-35-25-29-28-24(34-25)18-13-27-19-5-2-1-4-17(18)19/h1-11,13,21,27H,12,14H2. The summed E-state index contributed by atoms with van der Waals surface area (Å²) in [6.07, 6.45) is 3.97. The fraction of sp³-hybridized carbons (Fsp3) is 0.120. The summed E-state index contributed by atoms with van der Waals surface area (Å²) in [7, 11) is 0. The van der Waals surface area contributed by atoms with E-state index in [2.05, 4.69) is 20.3 Å². The smallest absolute Gasteiger partial charge is 0.277 e. The number of hydrogen-bond donors (Lipinski definition) is 1. The van der Waals surface area contributed by atoms with Gasteiger partial charge in [-0.2, -0.15) is 5.10 Å². The first kappa shape index (κ1) is 21.7. The predicted molar refractivity (Wildman–Crippen MR) is 133 cm³/mol. The number of para-hydroxylation sites is 1. The van der Waals surface area contributed by atoms with Gasteiger partial charge in [0, 0.05) is 28.5 Å². The molecule has 6 rings (SSSR count). The number of aromatic amines is 1. The second-order valence-electron chi connectivity index (χ2n) is 7.94. The van der Waals surface area contributed by atoms with Gasteiger partial charge in [0.05, 0.1) is 23.3 Å². The molecule has 0 bridgehead atoms. The molecule has 1 amide bonds. The molecule has 174 valence electrons. The van der Waals surface area contributed by atoms with E-state index in [1.807, 2.05) is 60.8 Å². The zero-order valence-electron chi connectivity index (χ0n) is 18.2. The molecule has 0 radical (unpaired) electrons. The molecule has 1 aliphatic heterocycles. The average Bonchev–Trinajstić information content (AvgIpc) is 3.68. The predicted octanol–water partition coefficient (Wildman–Crippen LogP) is 5.93. The number of amides is 1. The summed E-state index contributed by atoms with van der Waals surface area (Å²) in [6.45, 7) is 0. The van der Waals surface area contributed by atoms with Crippen molar-refractivity contribution in [3.05, 3.63) is 89.5 Å². The maximum Gasteiger partial charge on any atom is 0.277 e. The molecule has 5 aromatic rings. The van der Waals surface area contributed by atoms with Gasteiger partial charge < -0.3 is 13.8 Å². The molecule has 35 heavy (non-hydrogen) atoms. The van der Waals surface area contributed by atoms with Crippen molar-refractivity contribution >= 4 is 45.9 Å². The Bertz CT molecular complexity index is 1520. The third-order valence-electron chi connectivity index (χ3n) is 5.76. The third-order valence-corrected chi connectivity index (χ3v) is 6.82. The van der Waals surface area contributed by atoms with Crippen LogP contribution in [0.5, 0.6) is 0 Å². The number of carbonyl (C=O) groups is 1. The van der Waals surface area contributed by atoms with E-state index < -0.39 is 0 Å². The first-order valence-electron chi connectivity index (χ1n) is 10.9. The molecule has 8 nitrogen and oxygen atoms in total. The lowest BCUT2D eigenvalue weighted by Gasteiger charge is -2.19. The van der Waals surface area contributed by atoms with Crippen LogP contribution in [-0.4, -0.2) is 37.6 Å². The summed E-state index contributed by atoms with van der Waals surface area (Å²) >= 11 is 7.20. The van der Waals surface area contributed by atoms with E-state index in [4.69, 9.17) is 20.4 Å². The number of fused-ring (bicyclic) bond motifs is 1. The van der Waals surface area contributed by atoms with Gasteiger partial charge in [0.25, 0.3) is 17.0 Å². The van der Waals surface area contributed by atoms with Gasteiger partial charge in [-0.25, -0.2) is 5.01 Å². The van der Waals surface area contributed by atoms with Crippen molar-refractivity contribution in [2.45, 2.75) is 17.7 Å². The van der Waals surface area contributed by atoms with Crippen molar-refractivity contribution in [2.24, 2.45) is 5.10 Å². The zero-order valence-corrected chi connectivity index (χ0v) is 19.8. The first-order valence-corrected chi connectivity index (χ1v) is 12.2. The maximum absolute atomic E-state index is 13.2. The molecule has 1 unspecified atom stereocenters. The minimum absolute atomic E-state index is 0.0874. The molecule has 0 spiro atoms. The Balaban J connectivity index is 1.20. The molecule has 0 saturated carbocycles. The molecule has 3 aromatic heterocycles. The van der Waals surface area contributed by atoms with Gasteiger partial charge in [0.2, 0.25) is 0 Å². The second-order valence-corrected chi connectivity index (χ2v) is 9.30. The number of benzene rings is 2. The number of halogens is 1. The number of H-pyrrole nitrogens is 1. The van der Waals surface area contributed by atoms with E-state index in [9.17, 15) is 4.79 Å². The number of furan rings is 1. The van der Waals surface area contributed by atoms with Gasteiger partial charge in [-0.05, 0) is 35.9 Å². The number of hydrogen-bond acceptors (Lipinski definition) is 7. The molecule has 1 N–H and O–H groups in total. The fourth-order valence-electron chi connectivity index (χ4n) is 4.07. The molecule has 0 fully saturated rings. The lowest BCUT2D eigenvalue weighted by Crippen LogP contribution is -2.28. The van der Waals surface area contributed by atoms with Crippen molar-refractivity contribution in [3.63, 3.8) is 0 Å². The van der Waals surface area contributed by atoms with E-state index in [1.165, 1.54) is 16.8 Å². The van der Waals surface area contributed by atoms with E-state index in [1.54, 1.807) is 12.3 Å². The SMILES string of the molecule is O=C(CSc1nnc(-c2c[nH]c3ccccc23)o1)N1N=C(c2ccc(Cl)cc2)CC1c1ccco1. The molecule has 1 atom stereocenters. The minimum atomic E-state index is -0.326. The lowest BCUT2D eigenvalue weighted by molar-refractivity contribution is -0.130. The van der Waals surface area contributed by atoms with E-state index in [0.29, 0.717) is 28.3 Å². The average molecular weight is 504 g/mol. The Morgan fingerprint density at radius 2 is 1.97 bits per heavy atom. The highest BCUT2D eigenvalue weighted by molar-refractivity contribution is 7.99. The second kappa shape index (κ2) is 9.09. The van der Waals surface area contributed by atoms with Crippen LogP contribution in [0.2, 0.25) is 5.02 Å². The molecule has 0 saturated heterocycles. The monoisotopic (exact) mass is 503 g/mol. The maximum atomic E-state index is 13.2. The van der Waals surface area contributed by atoms with Crippen LogP contribution in [-0.2, 0) is 4.79 Å². The van der Waals surface area contributed by atoms with E-state index in [-0.39, 0.29) is 17.7 Å². The van der Waals surface area contributed by atoms with Gasteiger partial charge in [-0.3, -0.25) is 4.79 Å². The van der Waals surface area contributed by atoms with Crippen LogP contribution in [0.4, 0.5) is 0 Å². The number of nitrogens with zero attached hydrogens (tertiary/aromatic N) is 4. The fourth-order valence-corrected chi connectivity index (χ4v) is 4.82. The molecular formula is C25H18ClN5O3S. The number of rotatable bonds is 6. The number of aromatic nitrogens is 3. The number of nitrogens with one attached hydrogen (secondary N) is 1. The van der Waals surface area contributed by atoms with E-state index >= 15 is 0 Å². The zero-order chi connectivity index (χ0) is 23.8. The van der Waals surface area contributed by atoms with Crippen LogP contribution in [0.15, 0.2) is 92.3 Å². The highest BCUT2D eigenvalue weighted by Gasteiger charge is 2.35. The van der Waals surface area contributed by atoms with Crippen LogP contribution in [0.3, 0.4) is 0 Å². The molecule has 4 heterocycles. The summed E-state index contributed by atoms with van der Waals surface area (Å²) in [4.78, 5) is 16.4. The summed E-state index contributed by atoms with van der Waals surface area (Å²) in [5, 5.41) is 16.3. The van der Waals surface area contributed by atoms with Crippen molar-refractivity contribution in [1.29, 1.82) is 0 Å². The van der Waals surface area contributed by atoms with Gasteiger partial charge >= 0.3 is 0 Å². The van der Waals surface area contributed by atoms with Gasteiger partial charge in [-0.1, -0.05) is 53.7 Å². The van der Waals surface area contributed by atoms with Crippen molar-refractivity contribution < 1.29 is 13.6 Å². The molecule has 2 aromatic carbocycles. The Hall–Kier alpha value is -3.82. The normalized spacial score (nSPS) is 15.6. The van der Waals surface area contributed by atoms with Crippen LogP contribution in [0, 0.1) is 0 Å². The highest BCUT2D eigenvalue weighted by atomic mass is 35.5. The summed E-state index contributed by atoms with van der Waals surface area (Å²) in [6, 6.07) is 18.6. The summed E-state index contributed by atoms with van der Waals surface area (Å²) in [5.41, 5.74) is 3.51. The van der Waals surface area contributed by atoms with Crippen molar-refractivity contribution in [2.75, 3.05) is 5.75 Å². The summed E-state index contributed by atoms with van der Waals surface area (Å²) in [5.74, 6) is 0.974. The number of carbonyl (C=O) groups excluding carboxylic acids is 1. The Morgan fingerprint density at radius 3 is 2.80 bits per heavy atom. The van der Waals surface area contributed by atoms with Crippen LogP contribution < -0.4 is 0 Å². The largest absolute Gasteiger partial charge is 0.467 e. The third kappa shape index (κ3) is 4.24. The Morgan fingerprint density at radius 1 is 1.11 bits per heavy atom. The first-order chi connectivity index (χ1) is 17.2. The molecular weight excluding hydrogens is 486 g/mol. The Labute approximate surface area is 209 Å². The van der Waals surface area contributed by atoms with Crippen molar-refractivity contribution in [1.82, 2.24) is 20.2 Å².